The SMILES string of the molecule is COC(=O)C1=C(N)ON(C(C)=O)C1c1ccncc1. The van der Waals surface area contributed by atoms with Crippen LogP contribution in [0.1, 0.15) is 18.5 Å². The first-order chi connectivity index (χ1) is 9.06. The summed E-state index contributed by atoms with van der Waals surface area (Å²) in [6.07, 6.45) is 3.11. The highest BCUT2D eigenvalue weighted by molar-refractivity contribution is 5.92. The van der Waals surface area contributed by atoms with Crippen molar-refractivity contribution in [1.29, 1.82) is 0 Å². The van der Waals surface area contributed by atoms with Crippen molar-refractivity contribution in [3.63, 3.8) is 0 Å². The van der Waals surface area contributed by atoms with Gasteiger partial charge in [0.2, 0.25) is 5.88 Å². The van der Waals surface area contributed by atoms with E-state index in [4.69, 9.17) is 10.6 Å². The number of hydrogen-bond acceptors (Lipinski definition) is 6. The highest BCUT2D eigenvalue weighted by Crippen LogP contribution is 2.36. The van der Waals surface area contributed by atoms with Gasteiger partial charge in [0.25, 0.3) is 5.91 Å². The molecule has 0 radical (unpaired) electrons. The molecule has 0 aromatic carbocycles. The van der Waals surface area contributed by atoms with Crippen molar-refractivity contribution in [3.05, 3.63) is 41.5 Å². The summed E-state index contributed by atoms with van der Waals surface area (Å²) >= 11 is 0. The molecule has 1 aromatic rings. The van der Waals surface area contributed by atoms with Crippen molar-refractivity contribution in [2.75, 3.05) is 7.11 Å². The summed E-state index contributed by atoms with van der Waals surface area (Å²) in [4.78, 5) is 32.4. The Morgan fingerprint density at radius 3 is 2.58 bits per heavy atom. The molecule has 7 nitrogen and oxygen atoms in total. The van der Waals surface area contributed by atoms with E-state index in [0.29, 0.717) is 5.56 Å². The van der Waals surface area contributed by atoms with Gasteiger partial charge in [-0.2, -0.15) is 5.06 Å². The van der Waals surface area contributed by atoms with E-state index in [9.17, 15) is 9.59 Å². The second-order valence-corrected chi connectivity index (χ2v) is 3.89. The number of hydroxylamine groups is 2. The van der Waals surface area contributed by atoms with Crippen molar-refractivity contribution < 1.29 is 19.2 Å². The van der Waals surface area contributed by atoms with Crippen molar-refractivity contribution in [1.82, 2.24) is 10.0 Å². The molecule has 2 rings (SSSR count). The van der Waals surface area contributed by atoms with Gasteiger partial charge in [0.1, 0.15) is 11.6 Å². The topological polar surface area (TPSA) is 94.7 Å². The van der Waals surface area contributed by atoms with Crippen LogP contribution in [0.15, 0.2) is 36.0 Å². The van der Waals surface area contributed by atoms with Gasteiger partial charge in [-0.05, 0) is 17.7 Å². The van der Waals surface area contributed by atoms with Crippen molar-refractivity contribution in [3.8, 4) is 0 Å². The minimum absolute atomic E-state index is 0.101. The van der Waals surface area contributed by atoms with Gasteiger partial charge in [-0.15, -0.1) is 0 Å². The number of aromatic nitrogens is 1. The number of ether oxygens (including phenoxy) is 1. The molecule has 19 heavy (non-hydrogen) atoms. The van der Waals surface area contributed by atoms with E-state index in [0.717, 1.165) is 5.06 Å². The molecule has 0 saturated carbocycles. The average molecular weight is 263 g/mol. The molecule has 0 saturated heterocycles. The number of amides is 1. The molecule has 0 aliphatic carbocycles. The zero-order valence-electron chi connectivity index (χ0n) is 10.5. The van der Waals surface area contributed by atoms with Gasteiger partial charge in [-0.3, -0.25) is 9.78 Å². The molecule has 2 heterocycles. The van der Waals surface area contributed by atoms with Gasteiger partial charge in [0.15, 0.2) is 0 Å². The lowest BCUT2D eigenvalue weighted by Crippen LogP contribution is -2.30. The van der Waals surface area contributed by atoms with Crippen LogP contribution < -0.4 is 5.73 Å². The first-order valence-corrected chi connectivity index (χ1v) is 5.52. The highest BCUT2D eigenvalue weighted by Gasteiger charge is 2.41. The second-order valence-electron chi connectivity index (χ2n) is 3.89. The largest absolute Gasteiger partial charge is 0.465 e. The third kappa shape index (κ3) is 2.22. The summed E-state index contributed by atoms with van der Waals surface area (Å²) in [5.41, 5.74) is 6.42. The zero-order chi connectivity index (χ0) is 14.0. The van der Waals surface area contributed by atoms with E-state index in [2.05, 4.69) is 9.72 Å². The van der Waals surface area contributed by atoms with Crippen LogP contribution in [-0.2, 0) is 19.2 Å². The average Bonchev–Trinajstić information content (AvgIpc) is 2.76. The van der Waals surface area contributed by atoms with Crippen LogP contribution in [0.2, 0.25) is 0 Å². The maximum absolute atomic E-state index is 11.8. The van der Waals surface area contributed by atoms with Crippen LogP contribution in [0, 0.1) is 0 Å². The molecule has 0 bridgehead atoms. The van der Waals surface area contributed by atoms with Gasteiger partial charge in [0, 0.05) is 19.3 Å². The predicted molar refractivity (Wildman–Crippen MR) is 63.8 cm³/mol. The van der Waals surface area contributed by atoms with Crippen LogP contribution >= 0.6 is 0 Å². The zero-order valence-corrected chi connectivity index (χ0v) is 10.5. The number of hydrogen-bond donors (Lipinski definition) is 1. The van der Waals surface area contributed by atoms with E-state index in [1.165, 1.54) is 14.0 Å². The lowest BCUT2D eigenvalue weighted by molar-refractivity contribution is -0.170. The molecular formula is C12H13N3O4. The fourth-order valence-electron chi connectivity index (χ4n) is 1.88. The fourth-order valence-corrected chi connectivity index (χ4v) is 1.88. The molecule has 1 aromatic heterocycles. The Labute approximate surface area is 109 Å². The van der Waals surface area contributed by atoms with Gasteiger partial charge in [-0.25, -0.2) is 4.79 Å². The summed E-state index contributed by atoms with van der Waals surface area (Å²) in [7, 11) is 1.24. The smallest absolute Gasteiger partial charge is 0.341 e. The minimum atomic E-state index is -0.729. The number of rotatable bonds is 2. The van der Waals surface area contributed by atoms with E-state index in [-0.39, 0.29) is 17.4 Å². The number of methoxy groups -OCH3 is 1. The summed E-state index contributed by atoms with van der Waals surface area (Å²) in [5.74, 6) is -1.14. The van der Waals surface area contributed by atoms with E-state index in [1.807, 2.05) is 0 Å². The third-order valence-electron chi connectivity index (χ3n) is 2.71. The Kier molecular flexibility index (Phi) is 3.37. The molecule has 0 fully saturated rings. The number of esters is 1. The van der Waals surface area contributed by atoms with Crippen LogP contribution in [0.5, 0.6) is 0 Å². The van der Waals surface area contributed by atoms with E-state index < -0.39 is 12.0 Å². The standard InChI is InChI=1S/C12H13N3O4/c1-7(16)15-10(8-3-5-14-6-4-8)9(11(13)19-15)12(17)18-2/h3-6,10H,13H2,1-2H3. The molecule has 0 spiro atoms. The normalized spacial score (nSPS) is 18.2. The van der Waals surface area contributed by atoms with Gasteiger partial charge in [-0.1, -0.05) is 0 Å². The van der Waals surface area contributed by atoms with Crippen LogP contribution in [-0.4, -0.2) is 29.0 Å². The second kappa shape index (κ2) is 4.97. The van der Waals surface area contributed by atoms with Crippen molar-refractivity contribution in [2.24, 2.45) is 5.73 Å². The van der Waals surface area contributed by atoms with Gasteiger partial charge < -0.3 is 15.3 Å². The van der Waals surface area contributed by atoms with Crippen molar-refractivity contribution in [2.45, 2.75) is 13.0 Å². The molecule has 1 aliphatic rings. The molecule has 2 N–H and O–H groups in total. The number of pyridine rings is 1. The first-order valence-electron chi connectivity index (χ1n) is 5.52. The predicted octanol–water partition coefficient (Wildman–Crippen LogP) is 0.260. The Bertz CT molecular complexity index is 541. The van der Waals surface area contributed by atoms with Crippen LogP contribution in [0.4, 0.5) is 0 Å². The third-order valence-corrected chi connectivity index (χ3v) is 2.71. The number of nitrogens with two attached hydrogens (primary N) is 1. The number of nitrogens with zero attached hydrogens (tertiary/aromatic N) is 2. The van der Waals surface area contributed by atoms with E-state index >= 15 is 0 Å². The van der Waals surface area contributed by atoms with Crippen LogP contribution in [0.3, 0.4) is 0 Å². The van der Waals surface area contributed by atoms with Crippen LogP contribution in [0.25, 0.3) is 0 Å². The maximum Gasteiger partial charge on any atom is 0.341 e. The van der Waals surface area contributed by atoms with Gasteiger partial charge in [0.05, 0.1) is 7.11 Å². The molecule has 7 heteroatoms. The molecule has 1 unspecified atom stereocenters. The molecular weight excluding hydrogens is 250 g/mol. The summed E-state index contributed by atoms with van der Waals surface area (Å²) in [5, 5.41) is 1.04. The Hall–Kier alpha value is -2.57. The fraction of sp³-hybridized carbons (Fsp3) is 0.250. The van der Waals surface area contributed by atoms with E-state index in [1.54, 1.807) is 24.5 Å². The molecule has 1 aliphatic heterocycles. The Morgan fingerprint density at radius 2 is 2.05 bits per heavy atom. The number of carbonyl (C=O) groups is 2. The Morgan fingerprint density at radius 1 is 1.42 bits per heavy atom. The lowest BCUT2D eigenvalue weighted by atomic mass is 10.0. The summed E-state index contributed by atoms with van der Waals surface area (Å²) < 4.78 is 4.67. The highest BCUT2D eigenvalue weighted by atomic mass is 16.7. The maximum atomic E-state index is 11.8. The van der Waals surface area contributed by atoms with Crippen molar-refractivity contribution >= 4 is 11.9 Å². The van der Waals surface area contributed by atoms with Gasteiger partial charge >= 0.3 is 5.97 Å². The quantitative estimate of drug-likeness (QED) is 0.769. The Balaban J connectivity index is 2.49. The lowest BCUT2D eigenvalue weighted by Gasteiger charge is -2.22. The minimum Gasteiger partial charge on any atom is -0.465 e. The monoisotopic (exact) mass is 263 g/mol. The summed E-state index contributed by atoms with van der Waals surface area (Å²) in [6.45, 7) is 1.32. The molecule has 100 valence electrons. The summed E-state index contributed by atoms with van der Waals surface area (Å²) in [6, 6.07) is 2.62. The first kappa shape index (κ1) is 12.9. The molecule has 1 amide bonds. The molecule has 1 atom stereocenters. The number of carbonyl (C=O) groups excluding carboxylic acids is 2.